The second kappa shape index (κ2) is 7.86. The largest absolute Gasteiger partial charge is 0.508 e. The van der Waals surface area contributed by atoms with Crippen molar-refractivity contribution in [3.05, 3.63) is 65.4 Å². The summed E-state index contributed by atoms with van der Waals surface area (Å²) in [5.74, 6) is -0.909. The highest BCUT2D eigenvalue weighted by molar-refractivity contribution is 6.05. The minimum atomic E-state index is -0.554. The third-order valence-corrected chi connectivity index (χ3v) is 4.26. The Bertz CT molecular complexity index is 997. The van der Waals surface area contributed by atoms with E-state index in [1.54, 1.807) is 12.1 Å². The number of aromatic hydroxyl groups is 1. The highest BCUT2D eigenvalue weighted by Gasteiger charge is 2.19. The van der Waals surface area contributed by atoms with Crippen molar-refractivity contribution in [1.82, 2.24) is 4.98 Å². The molecule has 6 nitrogen and oxygen atoms in total. The molecule has 3 aromatic rings. The number of aryl methyl sites for hydroxylation is 1. The molecule has 0 atom stereocenters. The van der Waals surface area contributed by atoms with Crippen LogP contribution in [0.5, 0.6) is 5.75 Å². The number of hydrogen-bond acceptors (Lipinski definition) is 5. The van der Waals surface area contributed by atoms with E-state index in [0.717, 1.165) is 16.8 Å². The lowest BCUT2D eigenvalue weighted by atomic mass is 10.0. The van der Waals surface area contributed by atoms with Crippen LogP contribution in [0.2, 0.25) is 0 Å². The maximum atomic E-state index is 12.7. The van der Waals surface area contributed by atoms with E-state index in [4.69, 9.17) is 4.74 Å². The van der Waals surface area contributed by atoms with Crippen LogP contribution in [-0.4, -0.2) is 28.6 Å². The number of amides is 1. The second-order valence-electron chi connectivity index (χ2n) is 6.10. The lowest BCUT2D eigenvalue weighted by Gasteiger charge is -2.13. The molecule has 6 heteroatoms. The lowest BCUT2D eigenvalue weighted by Crippen LogP contribution is -2.21. The minimum absolute atomic E-state index is 0.103. The standard InChI is InChI=1S/C21H20N2O4/c1-3-17-13(2)20(16-6-4-5-7-18(16)23-17)21(26)27-12-19(25)22-14-8-10-15(24)11-9-14/h4-11,24H,3,12H2,1-2H3,(H,22,25). The fourth-order valence-corrected chi connectivity index (χ4v) is 2.91. The van der Waals surface area contributed by atoms with Crippen molar-refractivity contribution < 1.29 is 19.4 Å². The Morgan fingerprint density at radius 2 is 1.81 bits per heavy atom. The number of pyridine rings is 1. The van der Waals surface area contributed by atoms with Crippen molar-refractivity contribution in [2.24, 2.45) is 0 Å². The van der Waals surface area contributed by atoms with Crippen molar-refractivity contribution in [2.75, 3.05) is 11.9 Å². The van der Waals surface area contributed by atoms with E-state index in [-0.39, 0.29) is 5.75 Å². The third kappa shape index (κ3) is 4.06. The summed E-state index contributed by atoms with van der Waals surface area (Å²) in [4.78, 5) is 29.3. The smallest absolute Gasteiger partial charge is 0.339 e. The number of carbonyl (C=O) groups is 2. The molecule has 0 aliphatic heterocycles. The van der Waals surface area contributed by atoms with Crippen molar-refractivity contribution >= 4 is 28.5 Å². The topological polar surface area (TPSA) is 88.5 Å². The number of rotatable bonds is 5. The molecule has 1 aromatic heterocycles. The van der Waals surface area contributed by atoms with Gasteiger partial charge in [-0.05, 0) is 49.2 Å². The lowest BCUT2D eigenvalue weighted by molar-refractivity contribution is -0.119. The summed E-state index contributed by atoms with van der Waals surface area (Å²) in [5, 5.41) is 12.6. The van der Waals surface area contributed by atoms with E-state index in [0.29, 0.717) is 23.1 Å². The molecule has 2 N–H and O–H groups in total. The second-order valence-corrected chi connectivity index (χ2v) is 6.10. The third-order valence-electron chi connectivity index (χ3n) is 4.26. The van der Waals surface area contributed by atoms with Crippen LogP contribution < -0.4 is 5.32 Å². The SMILES string of the molecule is CCc1nc2ccccc2c(C(=O)OCC(=O)Nc2ccc(O)cc2)c1C. The van der Waals surface area contributed by atoms with Crippen LogP contribution in [0.3, 0.4) is 0 Å². The molecule has 1 heterocycles. The predicted molar refractivity (Wildman–Crippen MR) is 103 cm³/mol. The molecule has 0 unspecified atom stereocenters. The summed E-state index contributed by atoms with van der Waals surface area (Å²) >= 11 is 0. The van der Waals surface area contributed by atoms with Gasteiger partial charge in [0.2, 0.25) is 0 Å². The zero-order valence-electron chi connectivity index (χ0n) is 15.2. The number of carbonyl (C=O) groups excluding carboxylic acids is 2. The van der Waals surface area contributed by atoms with E-state index in [2.05, 4.69) is 10.3 Å². The Labute approximate surface area is 156 Å². The quantitative estimate of drug-likeness (QED) is 0.533. The van der Waals surface area contributed by atoms with Crippen LogP contribution in [0.15, 0.2) is 48.5 Å². The summed E-state index contributed by atoms with van der Waals surface area (Å²) in [7, 11) is 0. The molecule has 3 rings (SSSR count). The first-order valence-electron chi connectivity index (χ1n) is 8.63. The van der Waals surface area contributed by atoms with Gasteiger partial charge < -0.3 is 15.2 Å². The van der Waals surface area contributed by atoms with Gasteiger partial charge in [-0.25, -0.2) is 4.79 Å². The number of aromatic nitrogens is 1. The molecular formula is C21H20N2O4. The molecule has 1 amide bonds. The number of phenols is 1. The van der Waals surface area contributed by atoms with Crippen molar-refractivity contribution in [3.8, 4) is 5.75 Å². The molecule has 0 saturated carbocycles. The van der Waals surface area contributed by atoms with Crippen LogP contribution in [0, 0.1) is 6.92 Å². The Balaban J connectivity index is 1.77. The maximum Gasteiger partial charge on any atom is 0.339 e. The summed E-state index contributed by atoms with van der Waals surface area (Å²) in [6.07, 6.45) is 0.693. The summed E-state index contributed by atoms with van der Waals surface area (Å²) in [6, 6.07) is 13.4. The number of nitrogens with zero attached hydrogens (tertiary/aromatic N) is 1. The average Bonchev–Trinajstić information content (AvgIpc) is 2.67. The van der Waals surface area contributed by atoms with E-state index in [1.165, 1.54) is 12.1 Å². The van der Waals surface area contributed by atoms with Gasteiger partial charge in [0.1, 0.15) is 5.75 Å². The molecule has 0 aliphatic carbocycles. The fraction of sp³-hybridized carbons (Fsp3) is 0.190. The van der Waals surface area contributed by atoms with E-state index >= 15 is 0 Å². The van der Waals surface area contributed by atoms with Crippen LogP contribution in [0.25, 0.3) is 10.9 Å². The van der Waals surface area contributed by atoms with Gasteiger partial charge in [0.15, 0.2) is 6.61 Å². The van der Waals surface area contributed by atoms with Gasteiger partial charge in [0.05, 0.1) is 11.1 Å². The molecule has 138 valence electrons. The van der Waals surface area contributed by atoms with Crippen molar-refractivity contribution in [2.45, 2.75) is 20.3 Å². The van der Waals surface area contributed by atoms with E-state index in [1.807, 2.05) is 38.1 Å². The minimum Gasteiger partial charge on any atom is -0.508 e. The number of fused-ring (bicyclic) bond motifs is 1. The first-order chi connectivity index (χ1) is 13.0. The van der Waals surface area contributed by atoms with Gasteiger partial charge in [-0.3, -0.25) is 9.78 Å². The fourth-order valence-electron chi connectivity index (χ4n) is 2.91. The molecule has 27 heavy (non-hydrogen) atoms. The van der Waals surface area contributed by atoms with Gasteiger partial charge in [-0.15, -0.1) is 0 Å². The van der Waals surface area contributed by atoms with Crippen molar-refractivity contribution in [3.63, 3.8) is 0 Å². The van der Waals surface area contributed by atoms with Gasteiger partial charge in [0.25, 0.3) is 5.91 Å². The normalized spacial score (nSPS) is 10.6. The molecule has 0 bridgehead atoms. The number of nitrogens with one attached hydrogen (secondary N) is 1. The molecule has 0 aliphatic rings. The first kappa shape index (κ1) is 18.4. The van der Waals surface area contributed by atoms with Crippen molar-refractivity contribution in [1.29, 1.82) is 0 Å². The monoisotopic (exact) mass is 364 g/mol. The van der Waals surface area contributed by atoms with E-state index in [9.17, 15) is 14.7 Å². The first-order valence-corrected chi connectivity index (χ1v) is 8.63. The Morgan fingerprint density at radius 3 is 2.52 bits per heavy atom. The van der Waals surface area contributed by atoms with Gasteiger partial charge in [-0.2, -0.15) is 0 Å². The summed E-state index contributed by atoms with van der Waals surface area (Å²) in [6.45, 7) is 3.41. The number of benzene rings is 2. The number of phenolic OH excluding ortho intramolecular Hbond substituents is 1. The predicted octanol–water partition coefficient (Wildman–Crippen LogP) is 3.61. The summed E-state index contributed by atoms with van der Waals surface area (Å²) < 4.78 is 5.25. The number of esters is 1. The Morgan fingerprint density at radius 1 is 1.11 bits per heavy atom. The average molecular weight is 364 g/mol. The van der Waals surface area contributed by atoms with Gasteiger partial charge in [-0.1, -0.05) is 25.1 Å². The molecule has 0 fully saturated rings. The van der Waals surface area contributed by atoms with Crippen LogP contribution in [0.4, 0.5) is 5.69 Å². The number of ether oxygens (including phenoxy) is 1. The van der Waals surface area contributed by atoms with E-state index < -0.39 is 18.5 Å². The highest BCUT2D eigenvalue weighted by atomic mass is 16.5. The number of para-hydroxylation sites is 1. The zero-order chi connectivity index (χ0) is 19.4. The van der Waals surface area contributed by atoms with Gasteiger partial charge >= 0.3 is 5.97 Å². The van der Waals surface area contributed by atoms with Crippen LogP contribution in [-0.2, 0) is 16.0 Å². The Kier molecular flexibility index (Phi) is 5.35. The van der Waals surface area contributed by atoms with Gasteiger partial charge in [0, 0.05) is 16.8 Å². The molecule has 0 radical (unpaired) electrons. The zero-order valence-corrected chi connectivity index (χ0v) is 15.2. The van der Waals surface area contributed by atoms with Crippen LogP contribution >= 0.6 is 0 Å². The molecule has 0 saturated heterocycles. The summed E-state index contributed by atoms with van der Waals surface area (Å²) in [5.41, 5.74) is 3.26. The molecule has 0 spiro atoms. The molecule has 2 aromatic carbocycles. The maximum absolute atomic E-state index is 12.7. The molecular weight excluding hydrogens is 344 g/mol. The van der Waals surface area contributed by atoms with Crippen LogP contribution in [0.1, 0.15) is 28.5 Å². The Hall–Kier alpha value is -3.41. The number of anilines is 1. The number of hydrogen-bond donors (Lipinski definition) is 2. The highest BCUT2D eigenvalue weighted by Crippen LogP contribution is 2.24.